The second kappa shape index (κ2) is 7.12. The van der Waals surface area contributed by atoms with Crippen LogP contribution in [0.4, 0.5) is 0 Å². The van der Waals surface area contributed by atoms with Gasteiger partial charge in [0, 0.05) is 38.8 Å². The fourth-order valence-electron chi connectivity index (χ4n) is 3.10. The Labute approximate surface area is 141 Å². The SMILES string of the molecule is Cc1cc(CN2CCN(C(=O)[C@H](C(C)C)n3cncn3)CC2)no1. The number of carbonyl (C=O) groups is 1. The van der Waals surface area contributed by atoms with E-state index in [2.05, 4.69) is 20.1 Å². The van der Waals surface area contributed by atoms with Crippen molar-refractivity contribution in [3.8, 4) is 0 Å². The van der Waals surface area contributed by atoms with Crippen molar-refractivity contribution >= 4 is 5.91 Å². The number of rotatable bonds is 5. The van der Waals surface area contributed by atoms with Crippen molar-refractivity contribution in [3.05, 3.63) is 30.2 Å². The van der Waals surface area contributed by atoms with Gasteiger partial charge in [-0.25, -0.2) is 9.67 Å². The van der Waals surface area contributed by atoms with Crippen LogP contribution < -0.4 is 0 Å². The lowest BCUT2D eigenvalue weighted by Gasteiger charge is -2.36. The molecule has 1 saturated heterocycles. The molecule has 0 unspecified atom stereocenters. The molecule has 1 aliphatic heterocycles. The summed E-state index contributed by atoms with van der Waals surface area (Å²) >= 11 is 0. The minimum absolute atomic E-state index is 0.118. The Kier molecular flexibility index (Phi) is 4.94. The molecule has 130 valence electrons. The van der Waals surface area contributed by atoms with Gasteiger partial charge in [-0.2, -0.15) is 5.10 Å². The van der Waals surface area contributed by atoms with Crippen LogP contribution in [0.25, 0.3) is 0 Å². The van der Waals surface area contributed by atoms with Gasteiger partial charge in [0.1, 0.15) is 24.5 Å². The van der Waals surface area contributed by atoms with Gasteiger partial charge in [0.2, 0.25) is 5.91 Å². The normalized spacial score (nSPS) is 17.4. The second-order valence-corrected chi connectivity index (χ2v) is 6.59. The first-order chi connectivity index (χ1) is 11.5. The maximum atomic E-state index is 12.9. The van der Waals surface area contributed by atoms with Gasteiger partial charge in [-0.15, -0.1) is 0 Å². The van der Waals surface area contributed by atoms with Gasteiger partial charge in [-0.05, 0) is 12.8 Å². The maximum absolute atomic E-state index is 12.9. The zero-order valence-electron chi connectivity index (χ0n) is 14.4. The molecule has 0 N–H and O–H groups in total. The van der Waals surface area contributed by atoms with Crippen LogP contribution in [-0.4, -0.2) is 61.8 Å². The van der Waals surface area contributed by atoms with Crippen molar-refractivity contribution in [2.45, 2.75) is 33.4 Å². The Balaban J connectivity index is 1.58. The zero-order valence-corrected chi connectivity index (χ0v) is 14.4. The van der Waals surface area contributed by atoms with Gasteiger partial charge in [-0.1, -0.05) is 19.0 Å². The zero-order chi connectivity index (χ0) is 17.1. The average molecular weight is 332 g/mol. The van der Waals surface area contributed by atoms with Gasteiger partial charge in [-0.3, -0.25) is 9.69 Å². The molecule has 0 bridgehead atoms. The minimum atomic E-state index is -0.294. The molecular formula is C16H24N6O2. The van der Waals surface area contributed by atoms with E-state index in [4.69, 9.17) is 4.52 Å². The monoisotopic (exact) mass is 332 g/mol. The topological polar surface area (TPSA) is 80.3 Å². The number of carbonyl (C=O) groups excluding carboxylic acids is 1. The number of aromatic nitrogens is 4. The van der Waals surface area contributed by atoms with Gasteiger partial charge in [0.25, 0.3) is 0 Å². The predicted octanol–water partition coefficient (Wildman–Crippen LogP) is 1.12. The summed E-state index contributed by atoms with van der Waals surface area (Å²) in [6, 6.07) is 1.66. The molecule has 0 radical (unpaired) electrons. The van der Waals surface area contributed by atoms with E-state index in [1.54, 1.807) is 11.0 Å². The van der Waals surface area contributed by atoms with Gasteiger partial charge in [0.05, 0.1) is 5.69 Å². The Hall–Kier alpha value is -2.22. The number of aryl methyl sites for hydroxylation is 1. The lowest BCUT2D eigenvalue weighted by atomic mass is 10.0. The molecule has 1 amide bonds. The Morgan fingerprint density at radius 2 is 2.04 bits per heavy atom. The van der Waals surface area contributed by atoms with Crippen LogP contribution >= 0.6 is 0 Å². The van der Waals surface area contributed by atoms with Crippen molar-refractivity contribution < 1.29 is 9.32 Å². The molecule has 0 aliphatic carbocycles. The molecule has 0 spiro atoms. The number of nitrogens with zero attached hydrogens (tertiary/aromatic N) is 6. The third-order valence-electron chi connectivity index (χ3n) is 4.35. The van der Waals surface area contributed by atoms with E-state index in [1.165, 1.54) is 6.33 Å². The van der Waals surface area contributed by atoms with E-state index in [0.29, 0.717) is 13.1 Å². The van der Waals surface area contributed by atoms with Crippen LogP contribution in [0.5, 0.6) is 0 Å². The molecule has 8 nitrogen and oxygen atoms in total. The smallest absolute Gasteiger partial charge is 0.247 e. The first-order valence-corrected chi connectivity index (χ1v) is 8.32. The van der Waals surface area contributed by atoms with E-state index < -0.39 is 0 Å². The quantitative estimate of drug-likeness (QED) is 0.816. The maximum Gasteiger partial charge on any atom is 0.247 e. The van der Waals surface area contributed by atoms with Gasteiger partial charge < -0.3 is 9.42 Å². The molecule has 1 fully saturated rings. The van der Waals surface area contributed by atoms with Crippen molar-refractivity contribution in [1.29, 1.82) is 0 Å². The predicted molar refractivity (Wildman–Crippen MR) is 87.0 cm³/mol. The summed E-state index contributed by atoms with van der Waals surface area (Å²) in [7, 11) is 0. The molecule has 0 aromatic carbocycles. The Morgan fingerprint density at radius 3 is 2.58 bits per heavy atom. The van der Waals surface area contributed by atoms with E-state index in [0.717, 1.165) is 31.1 Å². The van der Waals surface area contributed by atoms with Crippen LogP contribution in [0.2, 0.25) is 0 Å². The molecule has 0 saturated carbocycles. The standard InChI is InChI=1S/C16H24N6O2/c1-12(2)15(22-11-17-10-18-22)16(23)21-6-4-20(5-7-21)9-14-8-13(3)24-19-14/h8,10-12,15H,4-7,9H2,1-3H3/t15-/m0/s1. The third kappa shape index (κ3) is 3.64. The Bertz CT molecular complexity index is 658. The fourth-order valence-corrected chi connectivity index (χ4v) is 3.10. The van der Waals surface area contributed by atoms with Crippen molar-refractivity contribution in [3.63, 3.8) is 0 Å². The highest BCUT2D eigenvalue weighted by Gasteiger charge is 2.31. The molecule has 1 atom stereocenters. The van der Waals surface area contributed by atoms with Crippen LogP contribution in [0.1, 0.15) is 31.3 Å². The van der Waals surface area contributed by atoms with Crippen LogP contribution in [0, 0.1) is 12.8 Å². The summed E-state index contributed by atoms with van der Waals surface area (Å²) in [4.78, 5) is 21.1. The molecule has 24 heavy (non-hydrogen) atoms. The van der Waals surface area contributed by atoms with Crippen LogP contribution in [0.15, 0.2) is 23.2 Å². The van der Waals surface area contributed by atoms with Crippen LogP contribution in [0.3, 0.4) is 0 Å². The average Bonchev–Trinajstić information content (AvgIpc) is 3.20. The van der Waals surface area contributed by atoms with Crippen molar-refractivity contribution in [1.82, 2.24) is 29.7 Å². The lowest BCUT2D eigenvalue weighted by Crippen LogP contribution is -2.51. The summed E-state index contributed by atoms with van der Waals surface area (Å²) < 4.78 is 6.77. The number of piperazine rings is 1. The molecule has 1 aliphatic rings. The first kappa shape index (κ1) is 16.6. The molecule has 2 aromatic rings. The fraction of sp³-hybridized carbons (Fsp3) is 0.625. The highest BCUT2D eigenvalue weighted by Crippen LogP contribution is 2.20. The van der Waals surface area contributed by atoms with Crippen LogP contribution in [-0.2, 0) is 11.3 Å². The lowest BCUT2D eigenvalue weighted by molar-refractivity contribution is -0.138. The second-order valence-electron chi connectivity index (χ2n) is 6.59. The molecular weight excluding hydrogens is 308 g/mol. The minimum Gasteiger partial charge on any atom is -0.361 e. The van der Waals surface area contributed by atoms with Crippen molar-refractivity contribution in [2.24, 2.45) is 5.92 Å². The van der Waals surface area contributed by atoms with Gasteiger partial charge >= 0.3 is 0 Å². The first-order valence-electron chi connectivity index (χ1n) is 8.32. The summed E-state index contributed by atoms with van der Waals surface area (Å²) in [5.74, 6) is 1.11. The van der Waals surface area contributed by atoms with Crippen molar-refractivity contribution in [2.75, 3.05) is 26.2 Å². The molecule has 3 heterocycles. The van der Waals surface area contributed by atoms with E-state index in [-0.39, 0.29) is 17.9 Å². The summed E-state index contributed by atoms with van der Waals surface area (Å²) in [5, 5.41) is 8.19. The summed E-state index contributed by atoms with van der Waals surface area (Å²) in [6.45, 7) is 9.82. The highest BCUT2D eigenvalue weighted by atomic mass is 16.5. The molecule has 8 heteroatoms. The third-order valence-corrected chi connectivity index (χ3v) is 4.35. The summed E-state index contributed by atoms with van der Waals surface area (Å²) in [6.07, 6.45) is 3.09. The summed E-state index contributed by atoms with van der Waals surface area (Å²) in [5.41, 5.74) is 0.940. The highest BCUT2D eigenvalue weighted by molar-refractivity contribution is 5.80. The van der Waals surface area contributed by atoms with E-state index >= 15 is 0 Å². The van der Waals surface area contributed by atoms with E-state index in [1.807, 2.05) is 31.7 Å². The number of hydrogen-bond donors (Lipinski definition) is 0. The molecule has 2 aromatic heterocycles. The number of hydrogen-bond acceptors (Lipinski definition) is 6. The number of amides is 1. The van der Waals surface area contributed by atoms with E-state index in [9.17, 15) is 4.79 Å². The Morgan fingerprint density at radius 1 is 1.29 bits per heavy atom. The largest absolute Gasteiger partial charge is 0.361 e. The molecule has 3 rings (SSSR count). The van der Waals surface area contributed by atoms with Gasteiger partial charge in [0.15, 0.2) is 0 Å².